The highest BCUT2D eigenvalue weighted by atomic mass is 35.5. The van der Waals surface area contributed by atoms with Crippen molar-refractivity contribution in [3.8, 4) is 0 Å². The van der Waals surface area contributed by atoms with Gasteiger partial charge in [0.2, 0.25) is 5.96 Å². The third kappa shape index (κ3) is 3.77. The molecule has 1 aliphatic heterocycles. The van der Waals surface area contributed by atoms with E-state index in [-0.39, 0.29) is 0 Å². The second-order valence-corrected chi connectivity index (χ2v) is 5.29. The monoisotopic (exact) mass is 322 g/mol. The van der Waals surface area contributed by atoms with Gasteiger partial charge in [-0.3, -0.25) is 4.99 Å². The van der Waals surface area contributed by atoms with Gasteiger partial charge in [0.05, 0.1) is 12.8 Å². The van der Waals surface area contributed by atoms with E-state index in [0.717, 1.165) is 17.3 Å². The molecule has 0 amide bonds. The van der Waals surface area contributed by atoms with E-state index in [0.29, 0.717) is 29.1 Å². The Morgan fingerprint density at radius 2 is 2.10 bits per heavy atom. The summed E-state index contributed by atoms with van der Waals surface area (Å²) >= 11 is 11.9. The fourth-order valence-electron chi connectivity index (χ4n) is 1.87. The molecule has 5 nitrogen and oxygen atoms in total. The summed E-state index contributed by atoms with van der Waals surface area (Å²) < 4.78 is 5.22. The Morgan fingerprint density at radius 1 is 1.29 bits per heavy atom. The standard InChI is InChI=1S/C14H12Cl2N4O/c15-9-4-10(16)6-11(5-9)19-14-18-8-13(20-14)17-7-12-2-1-3-21-12/h1-6H,7-8H2,(H2,17,18,19,20). The molecule has 0 aliphatic carbocycles. The summed E-state index contributed by atoms with van der Waals surface area (Å²) in [7, 11) is 0. The Kier molecular flexibility index (Phi) is 4.13. The fraction of sp³-hybridized carbons (Fsp3) is 0.143. The van der Waals surface area contributed by atoms with Crippen LogP contribution < -0.4 is 10.6 Å². The number of halogens is 2. The van der Waals surface area contributed by atoms with Crippen LogP contribution in [0.3, 0.4) is 0 Å². The van der Waals surface area contributed by atoms with Gasteiger partial charge in [-0.1, -0.05) is 23.2 Å². The van der Waals surface area contributed by atoms with E-state index in [4.69, 9.17) is 27.6 Å². The molecule has 0 atom stereocenters. The quantitative estimate of drug-likeness (QED) is 0.908. The van der Waals surface area contributed by atoms with E-state index in [1.165, 1.54) is 0 Å². The second kappa shape index (κ2) is 6.20. The van der Waals surface area contributed by atoms with Crippen LogP contribution in [0.2, 0.25) is 10.0 Å². The summed E-state index contributed by atoms with van der Waals surface area (Å²) in [5.74, 6) is 2.21. The Hall–Kier alpha value is -1.98. The molecule has 1 aliphatic rings. The van der Waals surface area contributed by atoms with Gasteiger partial charge in [0.15, 0.2) is 0 Å². The number of furan rings is 1. The molecule has 1 aromatic heterocycles. The summed E-state index contributed by atoms with van der Waals surface area (Å²) in [5.41, 5.74) is 0.769. The number of nitrogens with one attached hydrogen (secondary N) is 2. The van der Waals surface area contributed by atoms with Gasteiger partial charge in [-0.2, -0.15) is 0 Å². The SMILES string of the molecule is Clc1cc(Cl)cc(NC2=NCC(=NCc3ccco3)N2)c1. The molecule has 7 heteroatoms. The summed E-state index contributed by atoms with van der Waals surface area (Å²) in [6.07, 6.45) is 1.63. The number of guanidine groups is 1. The molecule has 108 valence electrons. The molecular weight excluding hydrogens is 311 g/mol. The Balaban J connectivity index is 1.60. The van der Waals surface area contributed by atoms with Crippen molar-refractivity contribution in [1.29, 1.82) is 0 Å². The lowest BCUT2D eigenvalue weighted by molar-refractivity contribution is 0.512. The lowest BCUT2D eigenvalue weighted by atomic mass is 10.3. The van der Waals surface area contributed by atoms with E-state index >= 15 is 0 Å². The Morgan fingerprint density at radius 3 is 2.81 bits per heavy atom. The molecule has 0 saturated heterocycles. The fourth-order valence-corrected chi connectivity index (χ4v) is 2.39. The molecule has 2 aromatic rings. The average Bonchev–Trinajstić information content (AvgIpc) is 3.06. The van der Waals surface area contributed by atoms with Crippen molar-refractivity contribution in [2.45, 2.75) is 6.54 Å². The molecule has 0 fully saturated rings. The number of nitrogens with zero attached hydrogens (tertiary/aromatic N) is 2. The molecule has 2 N–H and O–H groups in total. The zero-order valence-electron chi connectivity index (χ0n) is 10.9. The average molecular weight is 323 g/mol. The van der Waals surface area contributed by atoms with Crippen LogP contribution in [0.25, 0.3) is 0 Å². The van der Waals surface area contributed by atoms with E-state index in [2.05, 4.69) is 20.6 Å². The lowest BCUT2D eigenvalue weighted by Gasteiger charge is -2.07. The zero-order valence-corrected chi connectivity index (χ0v) is 12.4. The maximum atomic E-state index is 5.95. The first kappa shape index (κ1) is 14.0. The number of anilines is 1. The minimum absolute atomic E-state index is 0.487. The molecule has 0 radical (unpaired) electrons. The molecular formula is C14H12Cl2N4O. The van der Waals surface area contributed by atoms with E-state index < -0.39 is 0 Å². The maximum Gasteiger partial charge on any atom is 0.201 e. The number of hydrogen-bond acceptors (Lipinski definition) is 4. The third-order valence-electron chi connectivity index (χ3n) is 2.78. The van der Waals surface area contributed by atoms with Crippen LogP contribution in [-0.4, -0.2) is 18.3 Å². The molecule has 0 spiro atoms. The van der Waals surface area contributed by atoms with Crippen molar-refractivity contribution < 1.29 is 4.42 Å². The normalized spacial score (nSPS) is 15.9. The predicted octanol–water partition coefficient (Wildman–Crippen LogP) is 3.56. The highest BCUT2D eigenvalue weighted by molar-refractivity contribution is 6.35. The summed E-state index contributed by atoms with van der Waals surface area (Å²) in [6.45, 7) is 0.985. The van der Waals surface area contributed by atoms with E-state index in [1.807, 2.05) is 12.1 Å². The van der Waals surface area contributed by atoms with Crippen LogP contribution in [0, 0.1) is 0 Å². The van der Waals surface area contributed by atoms with Crippen LogP contribution in [0.5, 0.6) is 0 Å². The number of amidine groups is 1. The van der Waals surface area contributed by atoms with Gasteiger partial charge in [0.1, 0.15) is 18.1 Å². The van der Waals surface area contributed by atoms with Gasteiger partial charge < -0.3 is 15.1 Å². The van der Waals surface area contributed by atoms with Gasteiger partial charge in [0, 0.05) is 15.7 Å². The van der Waals surface area contributed by atoms with Crippen molar-refractivity contribution in [2.75, 3.05) is 11.9 Å². The molecule has 3 rings (SSSR count). The smallest absolute Gasteiger partial charge is 0.201 e. The van der Waals surface area contributed by atoms with Gasteiger partial charge in [-0.15, -0.1) is 0 Å². The maximum absolute atomic E-state index is 5.95. The van der Waals surface area contributed by atoms with Gasteiger partial charge in [-0.25, -0.2) is 4.99 Å². The van der Waals surface area contributed by atoms with E-state index in [9.17, 15) is 0 Å². The van der Waals surface area contributed by atoms with Gasteiger partial charge in [-0.05, 0) is 30.3 Å². The van der Waals surface area contributed by atoms with Crippen LogP contribution >= 0.6 is 23.2 Å². The molecule has 0 bridgehead atoms. The molecule has 0 saturated carbocycles. The number of benzene rings is 1. The molecule has 2 heterocycles. The highest BCUT2D eigenvalue weighted by Crippen LogP contribution is 2.22. The second-order valence-electron chi connectivity index (χ2n) is 4.42. The summed E-state index contributed by atoms with van der Waals surface area (Å²) in [4.78, 5) is 8.72. The predicted molar refractivity (Wildman–Crippen MR) is 85.4 cm³/mol. The zero-order chi connectivity index (χ0) is 14.7. The van der Waals surface area contributed by atoms with Crippen LogP contribution in [-0.2, 0) is 6.54 Å². The summed E-state index contributed by atoms with van der Waals surface area (Å²) in [5, 5.41) is 7.34. The van der Waals surface area contributed by atoms with Crippen LogP contribution in [0.4, 0.5) is 5.69 Å². The minimum Gasteiger partial charge on any atom is -0.467 e. The topological polar surface area (TPSA) is 61.9 Å². The van der Waals surface area contributed by atoms with Crippen molar-refractivity contribution in [3.05, 3.63) is 52.4 Å². The first-order valence-electron chi connectivity index (χ1n) is 6.29. The largest absolute Gasteiger partial charge is 0.467 e. The number of aliphatic imine (C=N–C) groups is 2. The van der Waals surface area contributed by atoms with Crippen molar-refractivity contribution >= 4 is 40.7 Å². The van der Waals surface area contributed by atoms with Crippen LogP contribution in [0.15, 0.2) is 51.0 Å². The molecule has 1 aromatic carbocycles. The van der Waals surface area contributed by atoms with E-state index in [1.54, 1.807) is 24.5 Å². The highest BCUT2D eigenvalue weighted by Gasteiger charge is 2.12. The Labute approximate surface area is 131 Å². The van der Waals surface area contributed by atoms with Gasteiger partial charge >= 0.3 is 0 Å². The van der Waals surface area contributed by atoms with Crippen LogP contribution in [0.1, 0.15) is 5.76 Å². The first-order valence-corrected chi connectivity index (χ1v) is 7.05. The van der Waals surface area contributed by atoms with Crippen molar-refractivity contribution in [2.24, 2.45) is 9.98 Å². The lowest BCUT2D eigenvalue weighted by Crippen LogP contribution is -2.30. The number of hydrogen-bond donors (Lipinski definition) is 2. The first-order chi connectivity index (χ1) is 10.2. The summed E-state index contributed by atoms with van der Waals surface area (Å²) in [6, 6.07) is 8.94. The Bertz CT molecular complexity index is 675. The molecule has 0 unspecified atom stereocenters. The van der Waals surface area contributed by atoms with Gasteiger partial charge in [0.25, 0.3) is 0 Å². The van der Waals surface area contributed by atoms with Crippen molar-refractivity contribution in [1.82, 2.24) is 5.32 Å². The third-order valence-corrected chi connectivity index (χ3v) is 3.22. The number of rotatable bonds is 3. The minimum atomic E-state index is 0.487. The van der Waals surface area contributed by atoms with Crippen molar-refractivity contribution in [3.63, 3.8) is 0 Å². The molecule has 21 heavy (non-hydrogen) atoms.